The van der Waals surface area contributed by atoms with Crippen molar-refractivity contribution in [2.24, 2.45) is 0 Å². The minimum Gasteiger partial charge on any atom is -0.455 e. The molecular weight excluding hydrogens is 330 g/mol. The summed E-state index contributed by atoms with van der Waals surface area (Å²) in [5.74, 6) is -0.987. The number of hydrogen-bond donors (Lipinski definition) is 1. The lowest BCUT2D eigenvalue weighted by Crippen LogP contribution is -2.48. The number of rotatable bonds is 5. The standard InChI is InChI=1S/C17H23NO5S/c1-12-4-5-14(8-13(12)2)9-16(20)23-10-15(19)18-17(3)6-7-24(21,22)11-17/h4-5,8H,6-7,9-11H2,1-3H3,(H,18,19)/t17-/m1/s1. The largest absolute Gasteiger partial charge is 0.455 e. The molecule has 1 aromatic carbocycles. The molecule has 24 heavy (non-hydrogen) atoms. The number of benzene rings is 1. The quantitative estimate of drug-likeness (QED) is 0.800. The Kier molecular flexibility index (Phi) is 5.32. The van der Waals surface area contributed by atoms with Crippen molar-refractivity contribution >= 4 is 21.7 Å². The summed E-state index contributed by atoms with van der Waals surface area (Å²) in [6, 6.07) is 5.71. The predicted octanol–water partition coefficient (Wildman–Crippen LogP) is 1.08. The summed E-state index contributed by atoms with van der Waals surface area (Å²) in [5, 5.41) is 2.65. The van der Waals surface area contributed by atoms with E-state index in [1.807, 2.05) is 32.0 Å². The van der Waals surface area contributed by atoms with Crippen molar-refractivity contribution in [3.63, 3.8) is 0 Å². The molecule has 1 aromatic rings. The molecule has 2 rings (SSSR count). The molecule has 1 amide bonds. The second kappa shape index (κ2) is 6.93. The minimum absolute atomic E-state index is 0.0658. The van der Waals surface area contributed by atoms with Crippen LogP contribution in [-0.2, 0) is 30.6 Å². The fraction of sp³-hybridized carbons (Fsp3) is 0.529. The maximum absolute atomic E-state index is 11.9. The Morgan fingerprint density at radius 2 is 1.96 bits per heavy atom. The van der Waals surface area contributed by atoms with Gasteiger partial charge in [0.25, 0.3) is 5.91 Å². The van der Waals surface area contributed by atoms with Crippen LogP contribution in [-0.4, -0.2) is 43.9 Å². The first-order chi connectivity index (χ1) is 11.1. The van der Waals surface area contributed by atoms with Gasteiger partial charge in [-0.05, 0) is 43.9 Å². The second-order valence-corrected chi connectivity index (χ2v) is 8.89. The molecule has 1 saturated heterocycles. The van der Waals surface area contributed by atoms with Crippen LogP contribution in [0.1, 0.15) is 30.0 Å². The van der Waals surface area contributed by atoms with E-state index >= 15 is 0 Å². The third-order valence-corrected chi connectivity index (χ3v) is 6.13. The van der Waals surface area contributed by atoms with E-state index in [9.17, 15) is 18.0 Å². The summed E-state index contributed by atoms with van der Waals surface area (Å²) in [4.78, 5) is 23.7. The lowest BCUT2D eigenvalue weighted by molar-refractivity contribution is -0.148. The summed E-state index contributed by atoms with van der Waals surface area (Å²) in [6.07, 6.45) is 0.470. The van der Waals surface area contributed by atoms with Crippen LogP contribution in [0.4, 0.5) is 0 Å². The Balaban J connectivity index is 1.81. The number of hydrogen-bond acceptors (Lipinski definition) is 5. The van der Waals surface area contributed by atoms with Crippen molar-refractivity contribution in [3.8, 4) is 0 Å². The third-order valence-electron chi connectivity index (χ3n) is 4.23. The highest BCUT2D eigenvalue weighted by molar-refractivity contribution is 7.91. The number of aryl methyl sites for hydroxylation is 2. The Labute approximate surface area is 142 Å². The molecule has 0 aliphatic carbocycles. The van der Waals surface area contributed by atoms with Crippen LogP contribution in [0.15, 0.2) is 18.2 Å². The van der Waals surface area contributed by atoms with Crippen LogP contribution in [0.5, 0.6) is 0 Å². The average molecular weight is 353 g/mol. The van der Waals surface area contributed by atoms with Gasteiger partial charge >= 0.3 is 5.97 Å². The van der Waals surface area contributed by atoms with E-state index < -0.39 is 33.9 Å². The molecular formula is C17H23NO5S. The van der Waals surface area contributed by atoms with E-state index in [2.05, 4.69) is 5.32 Å². The van der Waals surface area contributed by atoms with E-state index in [-0.39, 0.29) is 17.9 Å². The summed E-state index contributed by atoms with van der Waals surface area (Å²) in [7, 11) is -3.10. The first kappa shape index (κ1) is 18.4. The molecule has 7 heteroatoms. The van der Waals surface area contributed by atoms with E-state index in [0.29, 0.717) is 6.42 Å². The van der Waals surface area contributed by atoms with Gasteiger partial charge in [-0.1, -0.05) is 18.2 Å². The van der Waals surface area contributed by atoms with Gasteiger partial charge in [-0.2, -0.15) is 0 Å². The summed E-state index contributed by atoms with van der Waals surface area (Å²) >= 11 is 0. The lowest BCUT2D eigenvalue weighted by atomic mass is 10.0. The molecule has 1 heterocycles. The molecule has 1 N–H and O–H groups in total. The van der Waals surface area contributed by atoms with Gasteiger partial charge in [0.05, 0.1) is 23.5 Å². The third kappa shape index (κ3) is 5.06. The Morgan fingerprint density at radius 1 is 1.25 bits per heavy atom. The second-order valence-electron chi connectivity index (χ2n) is 6.71. The number of nitrogens with one attached hydrogen (secondary N) is 1. The Bertz CT molecular complexity index is 756. The zero-order valence-corrected chi connectivity index (χ0v) is 15.0. The molecule has 1 atom stereocenters. The van der Waals surface area contributed by atoms with Gasteiger partial charge in [0.15, 0.2) is 16.4 Å². The van der Waals surface area contributed by atoms with E-state index in [4.69, 9.17) is 4.74 Å². The fourth-order valence-corrected chi connectivity index (χ4v) is 4.85. The zero-order chi connectivity index (χ0) is 18.0. The van der Waals surface area contributed by atoms with Crippen LogP contribution in [0, 0.1) is 13.8 Å². The highest BCUT2D eigenvalue weighted by Gasteiger charge is 2.39. The Hall–Kier alpha value is -1.89. The maximum atomic E-state index is 11.9. The smallest absolute Gasteiger partial charge is 0.310 e. The molecule has 6 nitrogen and oxygen atoms in total. The first-order valence-corrected chi connectivity index (χ1v) is 9.64. The fourth-order valence-electron chi connectivity index (χ4n) is 2.76. The minimum atomic E-state index is -3.10. The first-order valence-electron chi connectivity index (χ1n) is 7.82. The van der Waals surface area contributed by atoms with Crippen LogP contribution in [0.3, 0.4) is 0 Å². The molecule has 0 saturated carbocycles. The number of carbonyl (C=O) groups is 2. The normalized spacial score (nSPS) is 22.1. The molecule has 0 spiro atoms. The molecule has 1 aliphatic rings. The van der Waals surface area contributed by atoms with Crippen molar-refractivity contribution in [1.82, 2.24) is 5.32 Å². The van der Waals surface area contributed by atoms with Crippen LogP contribution < -0.4 is 5.32 Å². The van der Waals surface area contributed by atoms with Crippen molar-refractivity contribution < 1.29 is 22.7 Å². The number of ether oxygens (including phenoxy) is 1. The molecule has 0 unspecified atom stereocenters. The van der Waals surface area contributed by atoms with Gasteiger partial charge in [0.2, 0.25) is 0 Å². The van der Waals surface area contributed by atoms with Gasteiger partial charge in [-0.15, -0.1) is 0 Å². The number of sulfone groups is 1. The van der Waals surface area contributed by atoms with E-state index in [1.165, 1.54) is 0 Å². The summed E-state index contributed by atoms with van der Waals surface area (Å²) < 4.78 is 28.0. The number of esters is 1. The highest BCUT2D eigenvalue weighted by Crippen LogP contribution is 2.22. The van der Waals surface area contributed by atoms with E-state index in [0.717, 1.165) is 16.7 Å². The van der Waals surface area contributed by atoms with Crippen molar-refractivity contribution in [2.75, 3.05) is 18.1 Å². The molecule has 1 fully saturated rings. The van der Waals surface area contributed by atoms with Crippen LogP contribution in [0.2, 0.25) is 0 Å². The van der Waals surface area contributed by atoms with Gasteiger partial charge in [0.1, 0.15) is 0 Å². The highest BCUT2D eigenvalue weighted by atomic mass is 32.2. The summed E-state index contributed by atoms with van der Waals surface area (Å²) in [5.41, 5.74) is 2.29. The topological polar surface area (TPSA) is 89.5 Å². The lowest BCUT2D eigenvalue weighted by Gasteiger charge is -2.23. The van der Waals surface area contributed by atoms with Crippen LogP contribution >= 0.6 is 0 Å². The number of carbonyl (C=O) groups excluding carboxylic acids is 2. The molecule has 0 bridgehead atoms. The molecule has 132 valence electrons. The predicted molar refractivity (Wildman–Crippen MR) is 90.4 cm³/mol. The van der Waals surface area contributed by atoms with Gasteiger partial charge in [-0.25, -0.2) is 8.42 Å². The average Bonchev–Trinajstić information content (AvgIpc) is 2.74. The van der Waals surface area contributed by atoms with Crippen molar-refractivity contribution in [3.05, 3.63) is 34.9 Å². The van der Waals surface area contributed by atoms with E-state index in [1.54, 1.807) is 6.92 Å². The Morgan fingerprint density at radius 3 is 2.54 bits per heavy atom. The summed E-state index contributed by atoms with van der Waals surface area (Å²) in [6.45, 7) is 5.24. The molecule has 1 aliphatic heterocycles. The zero-order valence-electron chi connectivity index (χ0n) is 14.2. The maximum Gasteiger partial charge on any atom is 0.310 e. The van der Waals surface area contributed by atoms with Crippen molar-refractivity contribution in [2.45, 2.75) is 39.2 Å². The van der Waals surface area contributed by atoms with Gasteiger partial charge in [0, 0.05) is 0 Å². The SMILES string of the molecule is Cc1ccc(CC(=O)OCC(=O)N[C@]2(C)CCS(=O)(=O)C2)cc1C. The van der Waals surface area contributed by atoms with Crippen molar-refractivity contribution in [1.29, 1.82) is 0 Å². The molecule has 0 aromatic heterocycles. The van der Waals surface area contributed by atoms with Crippen LogP contribution in [0.25, 0.3) is 0 Å². The monoisotopic (exact) mass is 353 g/mol. The number of amides is 1. The molecule has 0 radical (unpaired) electrons. The van der Waals surface area contributed by atoms with Gasteiger partial charge < -0.3 is 10.1 Å². The van der Waals surface area contributed by atoms with Gasteiger partial charge in [-0.3, -0.25) is 9.59 Å².